The van der Waals surface area contributed by atoms with Crippen LogP contribution in [0.15, 0.2) is 59.1 Å². The van der Waals surface area contributed by atoms with Gasteiger partial charge in [-0.15, -0.1) is 0 Å². The van der Waals surface area contributed by atoms with Crippen molar-refractivity contribution in [1.29, 1.82) is 0 Å². The molecule has 0 radical (unpaired) electrons. The quantitative estimate of drug-likeness (QED) is 0.361. The molecule has 0 saturated heterocycles. The van der Waals surface area contributed by atoms with Gasteiger partial charge in [-0.25, -0.2) is 0 Å². The normalized spacial score (nSPS) is 10.6. The van der Waals surface area contributed by atoms with Gasteiger partial charge in [0.1, 0.15) is 6.61 Å². The lowest BCUT2D eigenvalue weighted by molar-refractivity contribution is 0.284. The highest BCUT2D eigenvalue weighted by atomic mass is 79.9. The molecule has 7 heteroatoms. The van der Waals surface area contributed by atoms with E-state index in [4.69, 9.17) is 44.3 Å². The Bertz CT molecular complexity index is 982. The fourth-order valence-corrected chi connectivity index (χ4v) is 3.75. The highest BCUT2D eigenvalue weighted by Crippen LogP contribution is 2.35. The van der Waals surface area contributed by atoms with Crippen LogP contribution in [0.1, 0.15) is 11.1 Å². The molecule has 3 aromatic carbocycles. The number of anilines is 1. The minimum Gasteiger partial charge on any atom is -0.493 e. The van der Waals surface area contributed by atoms with Crippen molar-refractivity contribution in [3.8, 4) is 11.5 Å². The summed E-state index contributed by atoms with van der Waals surface area (Å²) < 4.78 is 12.3. The Morgan fingerprint density at radius 1 is 0.929 bits per heavy atom. The highest BCUT2D eigenvalue weighted by Gasteiger charge is 2.12. The molecule has 0 atom stereocenters. The molecule has 0 bridgehead atoms. The maximum Gasteiger partial charge on any atom is 0.162 e. The van der Waals surface area contributed by atoms with Gasteiger partial charge in [-0.1, -0.05) is 62.9 Å². The van der Waals surface area contributed by atoms with Crippen LogP contribution in [0.3, 0.4) is 0 Å². The number of hydrogen-bond acceptors (Lipinski definition) is 3. The maximum absolute atomic E-state index is 6.22. The van der Waals surface area contributed by atoms with Gasteiger partial charge in [0.05, 0.1) is 17.8 Å². The monoisotopic (exact) mass is 499 g/mol. The van der Waals surface area contributed by atoms with E-state index in [-0.39, 0.29) is 0 Å². The zero-order valence-corrected chi connectivity index (χ0v) is 18.8. The predicted molar refractivity (Wildman–Crippen MR) is 120 cm³/mol. The van der Waals surface area contributed by atoms with Gasteiger partial charge in [0.2, 0.25) is 0 Å². The summed E-state index contributed by atoms with van der Waals surface area (Å²) in [6.07, 6.45) is 0. The third kappa shape index (κ3) is 5.48. The molecule has 1 N–H and O–H groups in total. The largest absolute Gasteiger partial charge is 0.493 e. The Hall–Kier alpha value is -1.59. The minimum absolute atomic E-state index is 0.390. The van der Waals surface area contributed by atoms with Crippen molar-refractivity contribution in [2.45, 2.75) is 13.2 Å². The second kappa shape index (κ2) is 9.75. The molecule has 0 heterocycles. The van der Waals surface area contributed by atoms with Crippen LogP contribution in [-0.4, -0.2) is 7.11 Å². The number of rotatable bonds is 7. The van der Waals surface area contributed by atoms with E-state index < -0.39 is 0 Å². The SMILES string of the molecule is COc1cc(CNc2ccc(Cl)cc2Cl)c(Br)cc1OCc1cccc(Cl)c1. The summed E-state index contributed by atoms with van der Waals surface area (Å²) in [5.41, 5.74) is 2.78. The number of halogens is 4. The molecule has 0 amide bonds. The first-order chi connectivity index (χ1) is 13.5. The van der Waals surface area contributed by atoms with Crippen LogP contribution < -0.4 is 14.8 Å². The molecule has 0 unspecified atom stereocenters. The van der Waals surface area contributed by atoms with Gasteiger partial charge in [0, 0.05) is 21.1 Å². The Kier molecular flexibility index (Phi) is 7.36. The second-order valence-electron chi connectivity index (χ2n) is 5.99. The molecule has 0 saturated carbocycles. The van der Waals surface area contributed by atoms with E-state index in [1.54, 1.807) is 19.2 Å². The number of ether oxygens (including phenoxy) is 2. The molecule has 3 rings (SSSR count). The van der Waals surface area contributed by atoms with Crippen molar-refractivity contribution in [3.63, 3.8) is 0 Å². The average Bonchev–Trinajstić information content (AvgIpc) is 2.66. The molecule has 0 aromatic heterocycles. The van der Waals surface area contributed by atoms with Crippen LogP contribution in [-0.2, 0) is 13.2 Å². The van der Waals surface area contributed by atoms with E-state index >= 15 is 0 Å². The zero-order valence-electron chi connectivity index (χ0n) is 14.9. The lowest BCUT2D eigenvalue weighted by Crippen LogP contribution is -2.03. The average molecular weight is 502 g/mol. The molecule has 3 nitrogen and oxygen atoms in total. The third-order valence-electron chi connectivity index (χ3n) is 4.02. The van der Waals surface area contributed by atoms with Crippen molar-refractivity contribution in [2.75, 3.05) is 12.4 Å². The van der Waals surface area contributed by atoms with E-state index in [1.165, 1.54) is 0 Å². The van der Waals surface area contributed by atoms with Crippen molar-refractivity contribution in [2.24, 2.45) is 0 Å². The molecule has 146 valence electrons. The third-order valence-corrected chi connectivity index (χ3v) is 5.54. The fraction of sp³-hybridized carbons (Fsp3) is 0.143. The summed E-state index contributed by atoms with van der Waals surface area (Å²) in [4.78, 5) is 0. The Labute approximate surface area is 187 Å². The van der Waals surface area contributed by atoms with Crippen LogP contribution in [0.25, 0.3) is 0 Å². The van der Waals surface area contributed by atoms with Crippen LogP contribution in [0, 0.1) is 0 Å². The van der Waals surface area contributed by atoms with Crippen LogP contribution >= 0.6 is 50.7 Å². The Balaban J connectivity index is 1.73. The van der Waals surface area contributed by atoms with Crippen molar-refractivity contribution < 1.29 is 9.47 Å². The minimum atomic E-state index is 0.390. The molecule has 0 aliphatic carbocycles. The van der Waals surface area contributed by atoms with Crippen molar-refractivity contribution in [1.82, 2.24) is 0 Å². The second-order valence-corrected chi connectivity index (χ2v) is 8.13. The lowest BCUT2D eigenvalue weighted by Gasteiger charge is -2.15. The molecule has 28 heavy (non-hydrogen) atoms. The van der Waals surface area contributed by atoms with Crippen LogP contribution in [0.5, 0.6) is 11.5 Å². The van der Waals surface area contributed by atoms with E-state index in [2.05, 4.69) is 21.2 Å². The summed E-state index contributed by atoms with van der Waals surface area (Å²) in [5, 5.41) is 5.14. The fourth-order valence-electron chi connectivity index (χ4n) is 2.60. The summed E-state index contributed by atoms with van der Waals surface area (Å²) in [6.45, 7) is 0.939. The van der Waals surface area contributed by atoms with Crippen molar-refractivity contribution in [3.05, 3.63) is 85.3 Å². The molecular weight excluding hydrogens is 484 g/mol. The first-order valence-electron chi connectivity index (χ1n) is 8.39. The Morgan fingerprint density at radius 2 is 1.71 bits per heavy atom. The highest BCUT2D eigenvalue weighted by molar-refractivity contribution is 9.10. The molecule has 0 fully saturated rings. The number of benzene rings is 3. The topological polar surface area (TPSA) is 30.5 Å². The molecular formula is C21H17BrCl3NO2. The smallest absolute Gasteiger partial charge is 0.162 e. The molecule has 3 aromatic rings. The predicted octanol–water partition coefficient (Wildman–Crippen LogP) is 7.61. The van der Waals surface area contributed by atoms with Crippen LogP contribution in [0.4, 0.5) is 5.69 Å². The maximum atomic E-state index is 6.22. The molecule has 0 aliphatic rings. The van der Waals surface area contributed by atoms with Gasteiger partial charge in [-0.3, -0.25) is 0 Å². The van der Waals surface area contributed by atoms with Gasteiger partial charge >= 0.3 is 0 Å². The van der Waals surface area contributed by atoms with Crippen LogP contribution in [0.2, 0.25) is 15.1 Å². The number of methoxy groups -OCH3 is 1. The van der Waals surface area contributed by atoms with E-state index in [9.17, 15) is 0 Å². The Morgan fingerprint density at radius 3 is 2.43 bits per heavy atom. The summed E-state index contributed by atoms with van der Waals surface area (Å²) >= 11 is 21.8. The lowest BCUT2D eigenvalue weighted by atomic mass is 10.2. The van der Waals surface area contributed by atoms with Gasteiger partial charge in [-0.05, 0) is 53.6 Å². The zero-order chi connectivity index (χ0) is 20.1. The van der Waals surface area contributed by atoms with Gasteiger partial charge in [-0.2, -0.15) is 0 Å². The first-order valence-corrected chi connectivity index (χ1v) is 10.3. The van der Waals surface area contributed by atoms with E-state index in [1.807, 2.05) is 42.5 Å². The summed E-state index contributed by atoms with van der Waals surface area (Å²) in [6, 6.07) is 16.7. The van der Waals surface area contributed by atoms with E-state index in [0.29, 0.717) is 39.7 Å². The standard InChI is InChI=1S/C21H17BrCl3NO2/c1-27-20-8-14(11-26-19-6-5-16(24)9-18(19)25)17(22)10-21(20)28-12-13-3-2-4-15(23)7-13/h2-10,26H,11-12H2,1H3. The molecule has 0 aliphatic heterocycles. The van der Waals surface area contributed by atoms with Gasteiger partial charge < -0.3 is 14.8 Å². The summed E-state index contributed by atoms with van der Waals surface area (Å²) in [5.74, 6) is 1.28. The number of nitrogens with one attached hydrogen (secondary N) is 1. The summed E-state index contributed by atoms with van der Waals surface area (Å²) in [7, 11) is 1.61. The van der Waals surface area contributed by atoms with Gasteiger partial charge in [0.15, 0.2) is 11.5 Å². The molecule has 0 spiro atoms. The van der Waals surface area contributed by atoms with Crippen molar-refractivity contribution >= 4 is 56.4 Å². The van der Waals surface area contributed by atoms with E-state index in [0.717, 1.165) is 21.3 Å². The first kappa shape index (κ1) is 21.1. The van der Waals surface area contributed by atoms with Gasteiger partial charge in [0.25, 0.3) is 0 Å². The number of hydrogen-bond donors (Lipinski definition) is 1.